The number of aromatic nitrogens is 2. The van der Waals surface area contributed by atoms with Crippen molar-refractivity contribution in [2.45, 2.75) is 46.7 Å². The minimum atomic E-state index is -0.157. The Morgan fingerprint density at radius 1 is 1.10 bits per heavy atom. The fourth-order valence-electron chi connectivity index (χ4n) is 3.69. The Labute approximate surface area is 183 Å². The Morgan fingerprint density at radius 2 is 1.81 bits per heavy atom. The Balaban J connectivity index is 1.60. The SMILES string of the molecule is CCN(CC(=O)N[C@@H](C)c1ccc(CC(C)C)cc1)Cc1nc2ccccc2c(=O)[nH]1. The maximum atomic E-state index is 12.6. The maximum Gasteiger partial charge on any atom is 0.258 e. The molecular formula is C25H32N4O2. The van der Waals surface area contributed by atoms with E-state index in [9.17, 15) is 9.59 Å². The van der Waals surface area contributed by atoms with Gasteiger partial charge in [-0.25, -0.2) is 4.98 Å². The molecule has 0 aliphatic rings. The van der Waals surface area contributed by atoms with Crippen LogP contribution in [0.15, 0.2) is 53.3 Å². The Morgan fingerprint density at radius 3 is 2.48 bits per heavy atom. The molecule has 0 fully saturated rings. The highest BCUT2D eigenvalue weighted by Crippen LogP contribution is 2.15. The van der Waals surface area contributed by atoms with E-state index in [1.165, 1.54) is 5.56 Å². The maximum absolute atomic E-state index is 12.6. The molecule has 1 aromatic heterocycles. The van der Waals surface area contributed by atoms with E-state index < -0.39 is 0 Å². The number of rotatable bonds is 9. The third kappa shape index (κ3) is 6.25. The van der Waals surface area contributed by atoms with Crippen LogP contribution < -0.4 is 10.9 Å². The molecule has 0 radical (unpaired) electrons. The first-order valence-corrected chi connectivity index (χ1v) is 10.9. The highest BCUT2D eigenvalue weighted by molar-refractivity contribution is 5.78. The van der Waals surface area contributed by atoms with Crippen molar-refractivity contribution < 1.29 is 4.79 Å². The quantitative estimate of drug-likeness (QED) is 0.552. The topological polar surface area (TPSA) is 78.1 Å². The van der Waals surface area contributed by atoms with Crippen LogP contribution >= 0.6 is 0 Å². The highest BCUT2D eigenvalue weighted by Gasteiger charge is 2.15. The summed E-state index contributed by atoms with van der Waals surface area (Å²) >= 11 is 0. The lowest BCUT2D eigenvalue weighted by atomic mass is 10.00. The van der Waals surface area contributed by atoms with Gasteiger partial charge in [-0.3, -0.25) is 14.5 Å². The number of likely N-dealkylation sites (N-methyl/N-ethyl adjacent to an activating group) is 1. The number of H-pyrrole nitrogens is 1. The minimum Gasteiger partial charge on any atom is -0.348 e. The minimum absolute atomic E-state index is 0.0521. The van der Waals surface area contributed by atoms with Gasteiger partial charge >= 0.3 is 0 Å². The van der Waals surface area contributed by atoms with Gasteiger partial charge in [0.15, 0.2) is 0 Å². The van der Waals surface area contributed by atoms with Crippen LogP contribution in [-0.2, 0) is 17.8 Å². The molecule has 0 aliphatic carbocycles. The van der Waals surface area contributed by atoms with Crippen molar-refractivity contribution in [2.24, 2.45) is 5.92 Å². The van der Waals surface area contributed by atoms with Crippen LogP contribution in [0.3, 0.4) is 0 Å². The molecule has 1 atom stereocenters. The largest absolute Gasteiger partial charge is 0.348 e. The molecule has 0 saturated carbocycles. The van der Waals surface area contributed by atoms with Gasteiger partial charge in [0.2, 0.25) is 5.91 Å². The summed E-state index contributed by atoms with van der Waals surface area (Å²) in [5.41, 5.74) is 2.91. The summed E-state index contributed by atoms with van der Waals surface area (Å²) in [5.74, 6) is 1.13. The van der Waals surface area contributed by atoms with Crippen molar-refractivity contribution in [1.82, 2.24) is 20.2 Å². The second kappa shape index (κ2) is 10.4. The van der Waals surface area contributed by atoms with Gasteiger partial charge in [-0.2, -0.15) is 0 Å². The fraction of sp³-hybridized carbons (Fsp3) is 0.400. The summed E-state index contributed by atoms with van der Waals surface area (Å²) < 4.78 is 0. The molecule has 0 aliphatic heterocycles. The normalized spacial score (nSPS) is 12.5. The molecular weight excluding hydrogens is 388 g/mol. The standard InChI is InChI=1S/C25H32N4O2/c1-5-29(15-23-27-22-9-7-6-8-21(22)25(31)28-23)16-24(30)26-18(4)20-12-10-19(11-13-20)14-17(2)3/h6-13,17-18H,5,14-16H2,1-4H3,(H,26,30)(H,27,28,31)/t18-/m0/s1. The number of aromatic amines is 1. The first-order chi connectivity index (χ1) is 14.9. The second-order valence-corrected chi connectivity index (χ2v) is 8.46. The van der Waals surface area contributed by atoms with Crippen LogP contribution in [0.25, 0.3) is 10.9 Å². The van der Waals surface area contributed by atoms with Crippen molar-refractivity contribution >= 4 is 16.8 Å². The van der Waals surface area contributed by atoms with Crippen molar-refractivity contribution in [2.75, 3.05) is 13.1 Å². The molecule has 2 aromatic carbocycles. The number of para-hydroxylation sites is 1. The van der Waals surface area contributed by atoms with E-state index >= 15 is 0 Å². The molecule has 3 aromatic rings. The van der Waals surface area contributed by atoms with Crippen LogP contribution in [0.5, 0.6) is 0 Å². The summed E-state index contributed by atoms with van der Waals surface area (Å²) in [6.45, 7) is 9.71. The summed E-state index contributed by atoms with van der Waals surface area (Å²) in [5, 5.41) is 3.64. The Kier molecular flexibility index (Phi) is 7.58. The Hall–Kier alpha value is -2.99. The molecule has 1 amide bonds. The van der Waals surface area contributed by atoms with Crippen molar-refractivity contribution in [3.05, 3.63) is 75.8 Å². The molecule has 3 rings (SSSR count). The molecule has 6 nitrogen and oxygen atoms in total. The van der Waals surface area contributed by atoms with Crippen LogP contribution in [-0.4, -0.2) is 33.9 Å². The Bertz CT molecular complexity index is 1070. The van der Waals surface area contributed by atoms with E-state index in [-0.39, 0.29) is 24.1 Å². The molecule has 164 valence electrons. The number of nitrogens with one attached hydrogen (secondary N) is 2. The van der Waals surface area contributed by atoms with Gasteiger partial charge in [-0.1, -0.05) is 57.2 Å². The first-order valence-electron chi connectivity index (χ1n) is 10.9. The summed E-state index contributed by atoms with van der Waals surface area (Å²) in [6.07, 6.45) is 1.05. The van der Waals surface area contributed by atoms with E-state index in [4.69, 9.17) is 0 Å². The lowest BCUT2D eigenvalue weighted by Crippen LogP contribution is -2.38. The summed E-state index contributed by atoms with van der Waals surface area (Å²) in [6, 6.07) is 15.6. The van der Waals surface area contributed by atoms with Crippen molar-refractivity contribution in [1.29, 1.82) is 0 Å². The zero-order valence-electron chi connectivity index (χ0n) is 18.8. The number of fused-ring (bicyclic) bond motifs is 1. The molecule has 1 heterocycles. The molecule has 31 heavy (non-hydrogen) atoms. The predicted molar refractivity (Wildman–Crippen MR) is 125 cm³/mol. The number of carbonyl (C=O) groups is 1. The molecule has 0 unspecified atom stereocenters. The lowest BCUT2D eigenvalue weighted by molar-refractivity contribution is -0.123. The third-order valence-corrected chi connectivity index (χ3v) is 5.35. The zero-order chi connectivity index (χ0) is 22.4. The van der Waals surface area contributed by atoms with Gasteiger partial charge in [0.1, 0.15) is 5.82 Å². The monoisotopic (exact) mass is 420 g/mol. The average Bonchev–Trinajstić information content (AvgIpc) is 2.73. The van der Waals surface area contributed by atoms with E-state index in [0.29, 0.717) is 35.7 Å². The predicted octanol–water partition coefficient (Wildman–Crippen LogP) is 3.82. The smallest absolute Gasteiger partial charge is 0.258 e. The molecule has 0 saturated heterocycles. The molecule has 6 heteroatoms. The van der Waals surface area contributed by atoms with Crippen molar-refractivity contribution in [3.63, 3.8) is 0 Å². The van der Waals surface area contributed by atoms with E-state index in [2.05, 4.69) is 53.4 Å². The number of hydrogen-bond acceptors (Lipinski definition) is 4. The molecule has 0 spiro atoms. The number of hydrogen-bond donors (Lipinski definition) is 2. The van der Waals surface area contributed by atoms with Gasteiger partial charge in [0.05, 0.1) is 30.0 Å². The van der Waals surface area contributed by atoms with Crippen LogP contribution in [0, 0.1) is 5.92 Å². The average molecular weight is 421 g/mol. The zero-order valence-corrected chi connectivity index (χ0v) is 18.8. The number of nitrogens with zero attached hydrogens (tertiary/aromatic N) is 2. The first kappa shape index (κ1) is 22.7. The second-order valence-electron chi connectivity index (χ2n) is 8.46. The van der Waals surface area contributed by atoms with Gasteiger partial charge in [-0.05, 0) is 49.1 Å². The lowest BCUT2D eigenvalue weighted by Gasteiger charge is -2.21. The van der Waals surface area contributed by atoms with Gasteiger partial charge in [0.25, 0.3) is 5.56 Å². The van der Waals surface area contributed by atoms with Crippen LogP contribution in [0.1, 0.15) is 50.7 Å². The van der Waals surface area contributed by atoms with Gasteiger partial charge < -0.3 is 10.3 Å². The summed E-state index contributed by atoms with van der Waals surface area (Å²) in [4.78, 5) is 34.2. The van der Waals surface area contributed by atoms with E-state index in [0.717, 1.165) is 12.0 Å². The number of amides is 1. The molecule has 2 N–H and O–H groups in total. The third-order valence-electron chi connectivity index (χ3n) is 5.35. The van der Waals surface area contributed by atoms with E-state index in [1.54, 1.807) is 6.07 Å². The van der Waals surface area contributed by atoms with E-state index in [1.807, 2.05) is 36.9 Å². The number of carbonyl (C=O) groups excluding carboxylic acids is 1. The fourth-order valence-corrected chi connectivity index (χ4v) is 3.69. The van der Waals surface area contributed by atoms with Gasteiger partial charge in [0, 0.05) is 0 Å². The van der Waals surface area contributed by atoms with Crippen LogP contribution in [0.2, 0.25) is 0 Å². The highest BCUT2D eigenvalue weighted by atomic mass is 16.2. The van der Waals surface area contributed by atoms with Gasteiger partial charge in [-0.15, -0.1) is 0 Å². The van der Waals surface area contributed by atoms with Crippen molar-refractivity contribution in [3.8, 4) is 0 Å². The van der Waals surface area contributed by atoms with Crippen LogP contribution in [0.4, 0.5) is 0 Å². The molecule has 0 bridgehead atoms. The summed E-state index contributed by atoms with van der Waals surface area (Å²) in [7, 11) is 0. The number of benzene rings is 2.